The molecule has 2 aromatic heterocycles. The molecule has 0 saturated carbocycles. The van der Waals surface area contributed by atoms with Gasteiger partial charge in [-0.15, -0.1) is 0 Å². The summed E-state index contributed by atoms with van der Waals surface area (Å²) in [5, 5.41) is 5.72. The van der Waals surface area contributed by atoms with Crippen LogP contribution in [0.4, 0.5) is 0 Å². The number of para-hydroxylation sites is 2. The second-order valence-corrected chi connectivity index (χ2v) is 7.70. The van der Waals surface area contributed by atoms with Crippen LogP contribution in [0.2, 0.25) is 0 Å². The van der Waals surface area contributed by atoms with E-state index >= 15 is 0 Å². The van der Waals surface area contributed by atoms with Crippen molar-refractivity contribution in [2.24, 2.45) is 0 Å². The van der Waals surface area contributed by atoms with E-state index in [1.54, 1.807) is 6.07 Å². The lowest BCUT2D eigenvalue weighted by Crippen LogP contribution is -2.27. The van der Waals surface area contributed by atoms with E-state index in [1.807, 2.05) is 48.7 Å². The highest BCUT2D eigenvalue weighted by molar-refractivity contribution is 7.88. The number of H-pyrrole nitrogens is 1. The second kappa shape index (κ2) is 6.34. The number of sulfonamides is 1. The van der Waals surface area contributed by atoms with E-state index in [-0.39, 0.29) is 5.75 Å². The Hall–Kier alpha value is -2.64. The average molecular weight is 355 g/mol. The average Bonchev–Trinajstić information content (AvgIpc) is 3.20. The molecule has 0 saturated heterocycles. The van der Waals surface area contributed by atoms with Crippen LogP contribution in [-0.2, 0) is 22.2 Å². The summed E-state index contributed by atoms with van der Waals surface area (Å²) in [4.78, 5) is 3.19. The summed E-state index contributed by atoms with van der Waals surface area (Å²) in [6.07, 6.45) is 2.53. The fourth-order valence-electron chi connectivity index (χ4n) is 2.95. The van der Waals surface area contributed by atoms with Gasteiger partial charge in [0.15, 0.2) is 5.58 Å². The summed E-state index contributed by atoms with van der Waals surface area (Å²) >= 11 is 0. The molecule has 0 aliphatic carbocycles. The maximum absolute atomic E-state index is 12.3. The van der Waals surface area contributed by atoms with Crippen molar-refractivity contribution < 1.29 is 12.9 Å². The third-order valence-corrected chi connectivity index (χ3v) is 5.47. The van der Waals surface area contributed by atoms with E-state index in [0.717, 1.165) is 21.9 Å². The predicted octanol–water partition coefficient (Wildman–Crippen LogP) is 2.97. The normalized spacial score (nSPS) is 12.2. The van der Waals surface area contributed by atoms with Crippen LogP contribution in [0, 0.1) is 0 Å². The second-order valence-electron chi connectivity index (χ2n) is 5.89. The molecule has 0 fully saturated rings. The van der Waals surface area contributed by atoms with Crippen LogP contribution >= 0.6 is 0 Å². The van der Waals surface area contributed by atoms with Gasteiger partial charge in [0.05, 0.1) is 0 Å². The Bertz CT molecular complexity index is 1130. The number of benzene rings is 2. The highest BCUT2D eigenvalue weighted by Gasteiger charge is 2.17. The van der Waals surface area contributed by atoms with E-state index in [1.165, 1.54) is 0 Å². The minimum absolute atomic E-state index is 0.197. The first kappa shape index (κ1) is 15.9. The minimum atomic E-state index is -3.49. The highest BCUT2D eigenvalue weighted by atomic mass is 32.2. The lowest BCUT2D eigenvalue weighted by Gasteiger charge is -2.05. The van der Waals surface area contributed by atoms with Gasteiger partial charge in [-0.1, -0.05) is 35.5 Å². The Kier molecular flexibility index (Phi) is 4.03. The van der Waals surface area contributed by atoms with Crippen molar-refractivity contribution in [1.82, 2.24) is 14.9 Å². The zero-order valence-electron chi connectivity index (χ0n) is 13.4. The van der Waals surface area contributed by atoms with Gasteiger partial charge < -0.3 is 9.51 Å². The molecular formula is C18H17N3O3S. The fraction of sp³-hybridized carbons (Fsp3) is 0.167. The molecule has 25 heavy (non-hydrogen) atoms. The molecule has 7 heteroatoms. The van der Waals surface area contributed by atoms with Crippen molar-refractivity contribution in [3.8, 4) is 0 Å². The zero-order valence-corrected chi connectivity index (χ0v) is 14.2. The Morgan fingerprint density at radius 2 is 1.80 bits per heavy atom. The number of rotatable bonds is 6. The predicted molar refractivity (Wildman–Crippen MR) is 96.6 cm³/mol. The number of nitrogens with zero attached hydrogens (tertiary/aromatic N) is 1. The monoisotopic (exact) mass is 355 g/mol. The van der Waals surface area contributed by atoms with E-state index in [0.29, 0.717) is 24.2 Å². The van der Waals surface area contributed by atoms with E-state index < -0.39 is 10.0 Å². The number of fused-ring (bicyclic) bond motifs is 2. The Labute approximate surface area is 144 Å². The summed E-state index contributed by atoms with van der Waals surface area (Å²) < 4.78 is 32.5. The van der Waals surface area contributed by atoms with Crippen LogP contribution in [0.25, 0.3) is 21.9 Å². The van der Waals surface area contributed by atoms with Crippen molar-refractivity contribution in [1.29, 1.82) is 0 Å². The van der Waals surface area contributed by atoms with Crippen LogP contribution in [0.15, 0.2) is 59.3 Å². The first-order valence-electron chi connectivity index (χ1n) is 7.98. The topological polar surface area (TPSA) is 88.0 Å². The maximum Gasteiger partial charge on any atom is 0.217 e. The van der Waals surface area contributed by atoms with Gasteiger partial charge in [-0.25, -0.2) is 13.1 Å². The van der Waals surface area contributed by atoms with Crippen molar-refractivity contribution in [3.63, 3.8) is 0 Å². The molecule has 4 rings (SSSR count). The Morgan fingerprint density at radius 1 is 1.04 bits per heavy atom. The maximum atomic E-state index is 12.3. The van der Waals surface area contributed by atoms with E-state index in [9.17, 15) is 8.42 Å². The molecule has 0 unspecified atom stereocenters. The van der Waals surface area contributed by atoms with Gasteiger partial charge in [-0.05, 0) is 30.2 Å². The first-order valence-corrected chi connectivity index (χ1v) is 9.63. The molecule has 128 valence electrons. The van der Waals surface area contributed by atoms with Gasteiger partial charge in [0.25, 0.3) is 0 Å². The molecule has 2 heterocycles. The third kappa shape index (κ3) is 3.29. The van der Waals surface area contributed by atoms with Crippen LogP contribution in [0.1, 0.15) is 11.3 Å². The third-order valence-electron chi connectivity index (χ3n) is 4.17. The summed E-state index contributed by atoms with van der Waals surface area (Å²) in [6.45, 7) is 0.333. The number of nitrogens with one attached hydrogen (secondary N) is 2. The molecular weight excluding hydrogens is 338 g/mol. The minimum Gasteiger partial charge on any atom is -0.361 e. The molecule has 0 amide bonds. The van der Waals surface area contributed by atoms with Crippen LogP contribution in [0.5, 0.6) is 0 Å². The Morgan fingerprint density at radius 3 is 2.68 bits per heavy atom. The molecule has 4 aromatic rings. The summed E-state index contributed by atoms with van der Waals surface area (Å²) in [7, 11) is -3.49. The van der Waals surface area contributed by atoms with Crippen LogP contribution in [0.3, 0.4) is 0 Å². The van der Waals surface area contributed by atoms with Crippen LogP contribution < -0.4 is 4.72 Å². The fourth-order valence-corrected chi connectivity index (χ4v) is 4.04. The van der Waals surface area contributed by atoms with Crippen LogP contribution in [-0.4, -0.2) is 25.1 Å². The molecule has 0 atom stereocenters. The SMILES string of the molecule is O=S(=O)(Cc1noc2ccccc12)NCCc1c[nH]c2ccccc12. The summed E-state index contributed by atoms with van der Waals surface area (Å²) in [6, 6.07) is 15.2. The van der Waals surface area contributed by atoms with Gasteiger partial charge in [0.1, 0.15) is 11.4 Å². The largest absolute Gasteiger partial charge is 0.361 e. The molecule has 2 aromatic carbocycles. The molecule has 0 spiro atoms. The number of hydrogen-bond acceptors (Lipinski definition) is 4. The molecule has 2 N–H and O–H groups in total. The standard InChI is InChI=1S/C18H17N3O3S/c22-25(23,12-17-15-6-2-4-8-18(15)24-21-17)20-10-9-13-11-19-16-7-3-1-5-14(13)16/h1-8,11,19-20H,9-10,12H2. The van der Waals surface area contributed by atoms with Crippen molar-refractivity contribution in [3.05, 3.63) is 66.0 Å². The van der Waals surface area contributed by atoms with Gasteiger partial charge in [-0.2, -0.15) is 0 Å². The van der Waals surface area contributed by atoms with Gasteiger partial charge in [0.2, 0.25) is 10.0 Å². The first-order chi connectivity index (χ1) is 12.1. The number of aromatic amines is 1. The van der Waals surface area contributed by atoms with Gasteiger partial charge in [-0.3, -0.25) is 0 Å². The lowest BCUT2D eigenvalue weighted by molar-refractivity contribution is 0.448. The zero-order chi connectivity index (χ0) is 17.3. The lowest BCUT2D eigenvalue weighted by atomic mass is 10.1. The van der Waals surface area contributed by atoms with Gasteiger partial charge >= 0.3 is 0 Å². The summed E-state index contributed by atoms with van der Waals surface area (Å²) in [5.74, 6) is -0.197. The summed E-state index contributed by atoms with van der Waals surface area (Å²) in [5.41, 5.74) is 3.15. The highest BCUT2D eigenvalue weighted by Crippen LogP contribution is 2.20. The molecule has 0 bridgehead atoms. The smallest absolute Gasteiger partial charge is 0.217 e. The quantitative estimate of drug-likeness (QED) is 0.556. The molecule has 0 aliphatic heterocycles. The number of hydrogen-bond donors (Lipinski definition) is 2. The number of aromatic nitrogens is 2. The molecule has 0 aliphatic rings. The Balaban J connectivity index is 1.43. The molecule has 0 radical (unpaired) electrons. The van der Waals surface area contributed by atoms with E-state index in [4.69, 9.17) is 4.52 Å². The van der Waals surface area contributed by atoms with Crippen molar-refractivity contribution in [2.45, 2.75) is 12.2 Å². The molecule has 6 nitrogen and oxygen atoms in total. The van der Waals surface area contributed by atoms with E-state index in [2.05, 4.69) is 14.9 Å². The van der Waals surface area contributed by atoms with Crippen molar-refractivity contribution in [2.75, 3.05) is 6.54 Å². The van der Waals surface area contributed by atoms with Crippen molar-refractivity contribution >= 4 is 31.9 Å². The van der Waals surface area contributed by atoms with Gasteiger partial charge in [0, 0.05) is 29.0 Å².